The maximum atomic E-state index is 5.56. The van der Waals surface area contributed by atoms with Crippen LogP contribution in [0.1, 0.15) is 39.0 Å². The predicted molar refractivity (Wildman–Crippen MR) is 59.3 cm³/mol. The molecular weight excluding hydrogens is 176 g/mol. The van der Waals surface area contributed by atoms with E-state index in [1.165, 1.54) is 25.7 Å². The van der Waals surface area contributed by atoms with Crippen molar-refractivity contribution in [1.82, 2.24) is 5.32 Å². The van der Waals surface area contributed by atoms with E-state index < -0.39 is 0 Å². The Kier molecular flexibility index (Phi) is 6.15. The van der Waals surface area contributed by atoms with E-state index in [1.54, 1.807) is 0 Å². The minimum Gasteiger partial charge on any atom is -0.378 e. The molecule has 84 valence electrons. The summed E-state index contributed by atoms with van der Waals surface area (Å²) in [6.07, 6.45) is 6.56. The smallest absolute Gasteiger partial charge is 0.0576 e. The maximum absolute atomic E-state index is 5.56. The van der Waals surface area contributed by atoms with Crippen LogP contribution < -0.4 is 11.1 Å². The standard InChI is InChI=1S/C11H24N2O/c1-10(6-7-12)13-8-2-4-11-5-3-9-14-11/h10-11,13H,2-9,12H2,1H3. The number of hydrogen-bond donors (Lipinski definition) is 2. The first kappa shape index (κ1) is 12.0. The first-order chi connectivity index (χ1) is 6.83. The summed E-state index contributed by atoms with van der Waals surface area (Å²) in [4.78, 5) is 0. The molecule has 0 aliphatic carbocycles. The molecule has 1 rings (SSSR count). The monoisotopic (exact) mass is 200 g/mol. The van der Waals surface area contributed by atoms with Crippen LogP contribution in [0.25, 0.3) is 0 Å². The topological polar surface area (TPSA) is 47.3 Å². The number of nitrogens with two attached hydrogens (primary N) is 1. The van der Waals surface area contributed by atoms with E-state index >= 15 is 0 Å². The molecule has 0 aromatic carbocycles. The van der Waals surface area contributed by atoms with Gasteiger partial charge in [0, 0.05) is 12.6 Å². The molecule has 0 radical (unpaired) electrons. The Morgan fingerprint density at radius 2 is 2.43 bits per heavy atom. The molecule has 1 fully saturated rings. The zero-order valence-electron chi connectivity index (χ0n) is 9.30. The fraction of sp³-hybridized carbons (Fsp3) is 1.00. The van der Waals surface area contributed by atoms with Gasteiger partial charge in [-0.05, 0) is 52.1 Å². The zero-order valence-corrected chi connectivity index (χ0v) is 9.30. The van der Waals surface area contributed by atoms with Gasteiger partial charge < -0.3 is 15.8 Å². The van der Waals surface area contributed by atoms with Crippen molar-refractivity contribution in [1.29, 1.82) is 0 Å². The van der Waals surface area contributed by atoms with Crippen LogP contribution in [0.4, 0.5) is 0 Å². The van der Waals surface area contributed by atoms with Crippen molar-refractivity contribution in [3.8, 4) is 0 Å². The summed E-state index contributed by atoms with van der Waals surface area (Å²) in [5, 5.41) is 3.47. The van der Waals surface area contributed by atoms with Crippen molar-refractivity contribution in [2.24, 2.45) is 5.73 Å². The molecule has 0 aromatic heterocycles. The van der Waals surface area contributed by atoms with E-state index in [2.05, 4.69) is 12.2 Å². The highest BCUT2D eigenvalue weighted by atomic mass is 16.5. The van der Waals surface area contributed by atoms with E-state index in [-0.39, 0.29) is 0 Å². The number of ether oxygens (including phenoxy) is 1. The lowest BCUT2D eigenvalue weighted by Gasteiger charge is -2.13. The Morgan fingerprint density at radius 3 is 3.07 bits per heavy atom. The fourth-order valence-corrected chi connectivity index (χ4v) is 1.90. The average molecular weight is 200 g/mol. The molecule has 2 unspecified atom stereocenters. The van der Waals surface area contributed by atoms with E-state index in [0.29, 0.717) is 12.1 Å². The van der Waals surface area contributed by atoms with Gasteiger partial charge in [-0.25, -0.2) is 0 Å². The summed E-state index contributed by atoms with van der Waals surface area (Å²) < 4.78 is 5.56. The number of nitrogens with one attached hydrogen (secondary N) is 1. The number of hydrogen-bond acceptors (Lipinski definition) is 3. The van der Waals surface area contributed by atoms with Crippen LogP contribution in [-0.4, -0.2) is 31.8 Å². The molecule has 0 aromatic rings. The second-order valence-electron chi connectivity index (χ2n) is 4.21. The molecule has 14 heavy (non-hydrogen) atoms. The lowest BCUT2D eigenvalue weighted by Crippen LogP contribution is -2.29. The molecule has 3 N–H and O–H groups in total. The van der Waals surface area contributed by atoms with Gasteiger partial charge in [-0.3, -0.25) is 0 Å². The van der Waals surface area contributed by atoms with Gasteiger partial charge in [-0.2, -0.15) is 0 Å². The van der Waals surface area contributed by atoms with Crippen molar-refractivity contribution >= 4 is 0 Å². The van der Waals surface area contributed by atoms with E-state index in [0.717, 1.165) is 26.1 Å². The van der Waals surface area contributed by atoms with Gasteiger partial charge in [0.05, 0.1) is 6.10 Å². The largest absolute Gasteiger partial charge is 0.378 e. The van der Waals surface area contributed by atoms with Crippen LogP contribution >= 0.6 is 0 Å². The lowest BCUT2D eigenvalue weighted by atomic mass is 10.1. The third-order valence-electron chi connectivity index (χ3n) is 2.82. The summed E-state index contributed by atoms with van der Waals surface area (Å²) >= 11 is 0. The second kappa shape index (κ2) is 7.21. The van der Waals surface area contributed by atoms with Crippen LogP contribution in [0.5, 0.6) is 0 Å². The molecule has 0 spiro atoms. The zero-order chi connectivity index (χ0) is 10.2. The fourth-order valence-electron chi connectivity index (χ4n) is 1.90. The van der Waals surface area contributed by atoms with Gasteiger partial charge in [0.15, 0.2) is 0 Å². The summed E-state index contributed by atoms with van der Waals surface area (Å²) in [6, 6.07) is 0.560. The van der Waals surface area contributed by atoms with Crippen LogP contribution in [0.2, 0.25) is 0 Å². The maximum Gasteiger partial charge on any atom is 0.0576 e. The quantitative estimate of drug-likeness (QED) is 0.608. The van der Waals surface area contributed by atoms with Crippen molar-refractivity contribution < 1.29 is 4.74 Å². The molecule has 1 heterocycles. The van der Waals surface area contributed by atoms with Crippen LogP contribution in [-0.2, 0) is 4.74 Å². The Morgan fingerprint density at radius 1 is 1.57 bits per heavy atom. The molecule has 0 amide bonds. The van der Waals surface area contributed by atoms with Gasteiger partial charge in [0.2, 0.25) is 0 Å². The average Bonchev–Trinajstić information content (AvgIpc) is 2.65. The predicted octanol–water partition coefficient (Wildman–Crippen LogP) is 1.27. The molecule has 1 aliphatic rings. The molecule has 3 nitrogen and oxygen atoms in total. The van der Waals surface area contributed by atoms with Crippen molar-refractivity contribution in [2.75, 3.05) is 19.7 Å². The Hall–Kier alpha value is -0.120. The SMILES string of the molecule is CC(CCN)NCCCC1CCCO1. The molecule has 0 bridgehead atoms. The van der Waals surface area contributed by atoms with Gasteiger partial charge in [-0.1, -0.05) is 0 Å². The molecule has 0 saturated carbocycles. The van der Waals surface area contributed by atoms with Gasteiger partial charge >= 0.3 is 0 Å². The van der Waals surface area contributed by atoms with E-state index in [4.69, 9.17) is 10.5 Å². The summed E-state index contributed by atoms with van der Waals surface area (Å²) in [5.41, 5.74) is 5.47. The Labute approximate surface area is 87.4 Å². The minimum absolute atomic E-state index is 0.543. The van der Waals surface area contributed by atoms with Gasteiger partial charge in [0.25, 0.3) is 0 Å². The third kappa shape index (κ3) is 4.94. The van der Waals surface area contributed by atoms with Crippen LogP contribution in [0.15, 0.2) is 0 Å². The third-order valence-corrected chi connectivity index (χ3v) is 2.82. The van der Waals surface area contributed by atoms with Gasteiger partial charge in [0.1, 0.15) is 0 Å². The van der Waals surface area contributed by atoms with E-state index in [1.807, 2.05) is 0 Å². The first-order valence-corrected chi connectivity index (χ1v) is 5.88. The second-order valence-corrected chi connectivity index (χ2v) is 4.21. The summed E-state index contributed by atoms with van der Waals surface area (Å²) in [6.45, 7) is 5.04. The normalized spacial score (nSPS) is 24.0. The van der Waals surface area contributed by atoms with Crippen molar-refractivity contribution in [3.63, 3.8) is 0 Å². The summed E-state index contributed by atoms with van der Waals surface area (Å²) in [5.74, 6) is 0. The lowest BCUT2D eigenvalue weighted by molar-refractivity contribution is 0.102. The molecule has 1 saturated heterocycles. The number of rotatable bonds is 7. The molecule has 2 atom stereocenters. The van der Waals surface area contributed by atoms with Crippen molar-refractivity contribution in [2.45, 2.75) is 51.2 Å². The highest BCUT2D eigenvalue weighted by molar-refractivity contribution is 4.66. The Balaban J connectivity index is 1.88. The summed E-state index contributed by atoms with van der Waals surface area (Å²) in [7, 11) is 0. The van der Waals surface area contributed by atoms with Crippen LogP contribution in [0.3, 0.4) is 0 Å². The highest BCUT2D eigenvalue weighted by Gasteiger charge is 2.14. The van der Waals surface area contributed by atoms with Crippen molar-refractivity contribution in [3.05, 3.63) is 0 Å². The van der Waals surface area contributed by atoms with E-state index in [9.17, 15) is 0 Å². The molecular formula is C11H24N2O. The minimum atomic E-state index is 0.543. The first-order valence-electron chi connectivity index (χ1n) is 5.88. The van der Waals surface area contributed by atoms with Crippen LogP contribution in [0, 0.1) is 0 Å². The highest BCUT2D eigenvalue weighted by Crippen LogP contribution is 2.16. The molecule has 1 aliphatic heterocycles. The van der Waals surface area contributed by atoms with Gasteiger partial charge in [-0.15, -0.1) is 0 Å². The Bertz CT molecular complexity index is 135. The molecule has 3 heteroatoms.